The first kappa shape index (κ1) is 10.5. The Hall–Kier alpha value is -1.06. The average molecular weight is 266 g/mol. The highest BCUT2D eigenvalue weighted by atomic mass is 79.9. The Morgan fingerprint density at radius 2 is 2.13 bits per heavy atom. The summed E-state index contributed by atoms with van der Waals surface area (Å²) in [4.78, 5) is 0. The third-order valence-corrected chi connectivity index (χ3v) is 2.97. The van der Waals surface area contributed by atoms with Crippen LogP contribution in [0.15, 0.2) is 39.4 Å². The number of hydrogen-bond donors (Lipinski definition) is 1. The van der Waals surface area contributed by atoms with E-state index in [1.165, 1.54) is 5.56 Å². The van der Waals surface area contributed by atoms with Gasteiger partial charge < -0.3 is 10.2 Å². The molecular weight excluding hydrogens is 254 g/mol. The van der Waals surface area contributed by atoms with E-state index in [1.54, 1.807) is 6.26 Å². The number of hydrogen-bond acceptors (Lipinski definition) is 2. The van der Waals surface area contributed by atoms with E-state index >= 15 is 0 Å². The van der Waals surface area contributed by atoms with Gasteiger partial charge in [0, 0.05) is 12.1 Å². The van der Waals surface area contributed by atoms with Crippen LogP contribution in [0.3, 0.4) is 0 Å². The Morgan fingerprint density at radius 3 is 2.73 bits per heavy atom. The summed E-state index contributed by atoms with van der Waals surface area (Å²) in [6.45, 7) is 2.57. The molecule has 0 saturated carbocycles. The van der Waals surface area contributed by atoms with E-state index in [0.29, 0.717) is 6.54 Å². The van der Waals surface area contributed by atoms with Gasteiger partial charge >= 0.3 is 0 Å². The highest BCUT2D eigenvalue weighted by molar-refractivity contribution is 9.10. The van der Waals surface area contributed by atoms with E-state index in [-0.39, 0.29) is 0 Å². The fourth-order valence-electron chi connectivity index (χ4n) is 1.57. The molecule has 0 aliphatic heterocycles. The molecule has 0 fully saturated rings. The van der Waals surface area contributed by atoms with Crippen molar-refractivity contribution in [2.45, 2.75) is 13.5 Å². The van der Waals surface area contributed by atoms with Gasteiger partial charge in [-0.2, -0.15) is 0 Å². The fourth-order valence-corrected chi connectivity index (χ4v) is 1.98. The van der Waals surface area contributed by atoms with Crippen molar-refractivity contribution in [3.05, 3.63) is 46.1 Å². The molecule has 78 valence electrons. The van der Waals surface area contributed by atoms with Gasteiger partial charge in [-0.05, 0) is 40.5 Å². The van der Waals surface area contributed by atoms with Crippen molar-refractivity contribution in [1.29, 1.82) is 0 Å². The maximum atomic E-state index is 5.70. The second-order valence-electron chi connectivity index (χ2n) is 3.46. The molecule has 2 N–H and O–H groups in total. The Kier molecular flexibility index (Phi) is 2.93. The van der Waals surface area contributed by atoms with E-state index in [1.807, 2.05) is 12.1 Å². The number of furan rings is 1. The Labute approximate surface area is 97.2 Å². The Bertz CT molecular complexity index is 476. The van der Waals surface area contributed by atoms with Crippen LogP contribution < -0.4 is 5.73 Å². The maximum absolute atomic E-state index is 5.70. The summed E-state index contributed by atoms with van der Waals surface area (Å²) in [7, 11) is 0. The molecule has 0 aliphatic rings. The van der Waals surface area contributed by atoms with Crippen LogP contribution in [0.5, 0.6) is 0 Å². The fraction of sp³-hybridized carbons (Fsp3) is 0.167. The lowest BCUT2D eigenvalue weighted by molar-refractivity contribution is 0.580. The van der Waals surface area contributed by atoms with Crippen molar-refractivity contribution >= 4 is 15.9 Å². The Balaban J connectivity index is 2.60. The first-order valence-electron chi connectivity index (χ1n) is 4.75. The first-order chi connectivity index (χ1) is 7.22. The SMILES string of the molecule is Cc1ccc(CN)c(-c2occc2Br)c1. The van der Waals surface area contributed by atoms with Gasteiger partial charge in [0.05, 0.1) is 10.7 Å². The summed E-state index contributed by atoms with van der Waals surface area (Å²) >= 11 is 3.46. The largest absolute Gasteiger partial charge is 0.463 e. The minimum absolute atomic E-state index is 0.517. The van der Waals surface area contributed by atoms with E-state index in [4.69, 9.17) is 10.2 Å². The van der Waals surface area contributed by atoms with Crippen molar-refractivity contribution in [2.24, 2.45) is 5.73 Å². The second kappa shape index (κ2) is 4.21. The normalized spacial score (nSPS) is 10.6. The maximum Gasteiger partial charge on any atom is 0.148 e. The molecule has 2 rings (SSSR count). The standard InChI is InChI=1S/C12H12BrNO/c1-8-2-3-9(7-14)10(6-8)12-11(13)4-5-15-12/h2-6H,7,14H2,1H3. The van der Waals surface area contributed by atoms with Crippen LogP contribution in [0.25, 0.3) is 11.3 Å². The molecule has 1 aromatic carbocycles. The van der Waals surface area contributed by atoms with Crippen molar-refractivity contribution in [3.8, 4) is 11.3 Å². The van der Waals surface area contributed by atoms with E-state index in [9.17, 15) is 0 Å². The zero-order valence-corrected chi connectivity index (χ0v) is 10.0. The van der Waals surface area contributed by atoms with Gasteiger partial charge in [-0.25, -0.2) is 0 Å². The van der Waals surface area contributed by atoms with Crippen molar-refractivity contribution in [2.75, 3.05) is 0 Å². The number of halogens is 1. The molecule has 1 heterocycles. The molecule has 0 saturated heterocycles. The molecule has 0 radical (unpaired) electrons. The molecule has 2 aromatic rings. The molecular formula is C12H12BrNO. The van der Waals surface area contributed by atoms with E-state index in [2.05, 4.69) is 35.0 Å². The zero-order chi connectivity index (χ0) is 10.8. The van der Waals surface area contributed by atoms with Crippen LogP contribution >= 0.6 is 15.9 Å². The molecule has 1 aromatic heterocycles. The van der Waals surface area contributed by atoms with Crippen molar-refractivity contribution in [3.63, 3.8) is 0 Å². The summed E-state index contributed by atoms with van der Waals surface area (Å²) in [5.74, 6) is 0.846. The molecule has 0 bridgehead atoms. The summed E-state index contributed by atoms with van der Waals surface area (Å²) in [6.07, 6.45) is 1.67. The molecule has 0 spiro atoms. The van der Waals surface area contributed by atoms with Crippen LogP contribution in [0.1, 0.15) is 11.1 Å². The number of rotatable bonds is 2. The highest BCUT2D eigenvalue weighted by Gasteiger charge is 2.10. The third kappa shape index (κ3) is 1.98. The second-order valence-corrected chi connectivity index (χ2v) is 4.32. The Morgan fingerprint density at radius 1 is 1.33 bits per heavy atom. The molecule has 0 aliphatic carbocycles. The molecule has 2 nitrogen and oxygen atoms in total. The van der Waals surface area contributed by atoms with Crippen LogP contribution in [-0.4, -0.2) is 0 Å². The van der Waals surface area contributed by atoms with Crippen molar-refractivity contribution in [1.82, 2.24) is 0 Å². The van der Waals surface area contributed by atoms with Crippen LogP contribution in [0, 0.1) is 6.92 Å². The summed E-state index contributed by atoms with van der Waals surface area (Å²) in [5.41, 5.74) is 9.06. The number of aryl methyl sites for hydroxylation is 1. The molecule has 3 heteroatoms. The summed E-state index contributed by atoms with van der Waals surface area (Å²) < 4.78 is 6.41. The van der Waals surface area contributed by atoms with Gasteiger partial charge in [-0.1, -0.05) is 17.7 Å². The number of nitrogens with two attached hydrogens (primary N) is 1. The van der Waals surface area contributed by atoms with Crippen molar-refractivity contribution < 1.29 is 4.42 Å². The molecule has 0 amide bonds. The van der Waals surface area contributed by atoms with Gasteiger partial charge in [-0.15, -0.1) is 0 Å². The lowest BCUT2D eigenvalue weighted by atomic mass is 10.0. The van der Waals surface area contributed by atoms with Crippen LogP contribution in [0.4, 0.5) is 0 Å². The quantitative estimate of drug-likeness (QED) is 0.903. The smallest absolute Gasteiger partial charge is 0.148 e. The molecule has 15 heavy (non-hydrogen) atoms. The van der Waals surface area contributed by atoms with Crippen LogP contribution in [-0.2, 0) is 6.54 Å². The average Bonchev–Trinajstić information content (AvgIpc) is 2.64. The molecule has 0 unspecified atom stereocenters. The van der Waals surface area contributed by atoms with E-state index in [0.717, 1.165) is 21.4 Å². The highest BCUT2D eigenvalue weighted by Crippen LogP contribution is 2.32. The monoisotopic (exact) mass is 265 g/mol. The summed E-state index contributed by atoms with van der Waals surface area (Å²) in [6, 6.07) is 8.08. The first-order valence-corrected chi connectivity index (χ1v) is 5.54. The summed E-state index contributed by atoms with van der Waals surface area (Å²) in [5, 5.41) is 0. The van der Waals surface area contributed by atoms with Gasteiger partial charge in [0.2, 0.25) is 0 Å². The minimum atomic E-state index is 0.517. The predicted molar refractivity (Wildman–Crippen MR) is 64.5 cm³/mol. The van der Waals surface area contributed by atoms with Gasteiger partial charge in [0.15, 0.2) is 0 Å². The number of benzene rings is 1. The lowest BCUT2D eigenvalue weighted by Gasteiger charge is -2.06. The van der Waals surface area contributed by atoms with E-state index < -0.39 is 0 Å². The van der Waals surface area contributed by atoms with Gasteiger partial charge in [0.1, 0.15) is 5.76 Å². The van der Waals surface area contributed by atoms with Crippen LogP contribution in [0.2, 0.25) is 0 Å². The topological polar surface area (TPSA) is 39.2 Å². The lowest BCUT2D eigenvalue weighted by Crippen LogP contribution is -1.99. The third-order valence-electron chi connectivity index (χ3n) is 2.35. The predicted octanol–water partition coefficient (Wildman–Crippen LogP) is 3.48. The van der Waals surface area contributed by atoms with Gasteiger partial charge in [0.25, 0.3) is 0 Å². The van der Waals surface area contributed by atoms with Gasteiger partial charge in [-0.3, -0.25) is 0 Å². The zero-order valence-electron chi connectivity index (χ0n) is 8.46. The molecule has 0 atom stereocenters. The minimum Gasteiger partial charge on any atom is -0.463 e.